The monoisotopic (exact) mass is 343 g/mol. The average Bonchev–Trinajstić information content (AvgIpc) is 3.18. The van der Waals surface area contributed by atoms with E-state index in [0.717, 1.165) is 5.52 Å². The van der Waals surface area contributed by atoms with E-state index in [1.807, 2.05) is 38.1 Å². The number of likely N-dealkylation sites (N-methyl/N-ethyl adjacent to an activating group) is 1. The van der Waals surface area contributed by atoms with E-state index in [-0.39, 0.29) is 24.1 Å². The zero-order valence-corrected chi connectivity index (χ0v) is 14.5. The lowest BCUT2D eigenvalue weighted by Gasteiger charge is -2.16. The summed E-state index contributed by atoms with van der Waals surface area (Å²) in [5.74, 6) is 1.19. The molecule has 0 aliphatic heterocycles. The summed E-state index contributed by atoms with van der Waals surface area (Å²) in [5, 5.41) is 3.92. The molecule has 1 aromatic carbocycles. The molecule has 3 rings (SSSR count). The van der Waals surface area contributed by atoms with Crippen LogP contribution in [0.4, 0.5) is 0 Å². The number of rotatable bonds is 6. The molecule has 25 heavy (non-hydrogen) atoms. The lowest BCUT2D eigenvalue weighted by Crippen LogP contribution is -2.34. The number of H-pyrrole nitrogens is 1. The van der Waals surface area contributed by atoms with Crippen molar-refractivity contribution in [1.82, 2.24) is 24.6 Å². The minimum Gasteiger partial charge on any atom is -0.344 e. The van der Waals surface area contributed by atoms with Gasteiger partial charge in [-0.15, -0.1) is 0 Å². The highest BCUT2D eigenvalue weighted by Gasteiger charge is 2.15. The van der Waals surface area contributed by atoms with E-state index in [4.69, 9.17) is 4.52 Å². The molecule has 0 bridgehead atoms. The highest BCUT2D eigenvalue weighted by molar-refractivity contribution is 5.80. The van der Waals surface area contributed by atoms with E-state index in [1.54, 1.807) is 11.9 Å². The number of nitrogens with zero attached hydrogens (tertiary/aromatic N) is 4. The lowest BCUT2D eigenvalue weighted by atomic mass is 10.2. The van der Waals surface area contributed by atoms with Gasteiger partial charge in [0.25, 0.3) is 0 Å². The molecule has 8 heteroatoms. The summed E-state index contributed by atoms with van der Waals surface area (Å²) in [6.07, 6.45) is 0.501. The molecule has 0 saturated carbocycles. The van der Waals surface area contributed by atoms with E-state index < -0.39 is 0 Å². The van der Waals surface area contributed by atoms with Crippen LogP contribution < -0.4 is 5.69 Å². The first-order chi connectivity index (χ1) is 12.0. The van der Waals surface area contributed by atoms with E-state index in [9.17, 15) is 9.59 Å². The molecule has 0 spiro atoms. The Hall–Kier alpha value is -2.90. The molecular formula is C17H21N5O3. The minimum atomic E-state index is -0.289. The van der Waals surface area contributed by atoms with Crippen molar-refractivity contribution in [2.75, 3.05) is 13.6 Å². The maximum Gasteiger partial charge on any atom is 0.326 e. The fourth-order valence-electron chi connectivity index (χ4n) is 2.52. The summed E-state index contributed by atoms with van der Waals surface area (Å²) in [5.41, 5.74) is 1.15. The minimum absolute atomic E-state index is 0.0111. The molecule has 0 fully saturated rings. The van der Waals surface area contributed by atoms with Gasteiger partial charge in [0.2, 0.25) is 11.8 Å². The van der Waals surface area contributed by atoms with Crippen LogP contribution in [0.25, 0.3) is 11.0 Å². The number of carbonyl (C=O) groups excluding carboxylic acids is 1. The molecule has 0 aliphatic rings. The standard InChI is InChI=1S/C17H21N5O3/c1-11(2)16-19-14(20-25-16)8-9-21(3)15(23)10-22-13-7-5-4-6-12(13)18-17(22)24/h4-7,11H,8-10H2,1-3H3,(H,18,24). The third-order valence-electron chi connectivity index (χ3n) is 4.05. The number of carbonyl (C=O) groups is 1. The summed E-state index contributed by atoms with van der Waals surface area (Å²) >= 11 is 0. The first kappa shape index (κ1) is 16.9. The van der Waals surface area contributed by atoms with Gasteiger partial charge in [-0.25, -0.2) is 4.79 Å². The molecule has 0 atom stereocenters. The van der Waals surface area contributed by atoms with Crippen molar-refractivity contribution in [3.8, 4) is 0 Å². The van der Waals surface area contributed by atoms with Crippen LogP contribution >= 0.6 is 0 Å². The second-order valence-corrected chi connectivity index (χ2v) is 6.30. The number of fused-ring (bicyclic) bond motifs is 1. The second-order valence-electron chi connectivity index (χ2n) is 6.30. The Morgan fingerprint density at radius 3 is 2.84 bits per heavy atom. The fourth-order valence-corrected chi connectivity index (χ4v) is 2.52. The topological polar surface area (TPSA) is 97.0 Å². The molecule has 0 unspecified atom stereocenters. The van der Waals surface area contributed by atoms with Crippen molar-refractivity contribution in [3.05, 3.63) is 46.5 Å². The first-order valence-corrected chi connectivity index (χ1v) is 8.19. The van der Waals surface area contributed by atoms with Gasteiger partial charge in [-0.2, -0.15) is 4.98 Å². The number of imidazole rings is 1. The predicted octanol–water partition coefficient (Wildman–Crippen LogP) is 1.54. The predicted molar refractivity (Wildman–Crippen MR) is 92.3 cm³/mol. The largest absolute Gasteiger partial charge is 0.344 e. The van der Waals surface area contributed by atoms with Gasteiger partial charge in [0, 0.05) is 25.9 Å². The summed E-state index contributed by atoms with van der Waals surface area (Å²) in [6.45, 7) is 4.40. The molecule has 1 amide bonds. The molecule has 3 aromatic rings. The summed E-state index contributed by atoms with van der Waals surface area (Å²) < 4.78 is 6.60. The third-order valence-corrected chi connectivity index (χ3v) is 4.05. The number of hydrogen-bond acceptors (Lipinski definition) is 5. The van der Waals surface area contributed by atoms with Crippen LogP contribution in [0.15, 0.2) is 33.6 Å². The molecular weight excluding hydrogens is 322 g/mol. The molecule has 132 valence electrons. The number of para-hydroxylation sites is 2. The number of hydrogen-bond donors (Lipinski definition) is 1. The van der Waals surface area contributed by atoms with Crippen LogP contribution in [0.3, 0.4) is 0 Å². The second kappa shape index (κ2) is 6.92. The van der Waals surface area contributed by atoms with Crippen LogP contribution in [0.1, 0.15) is 31.5 Å². The zero-order valence-electron chi connectivity index (χ0n) is 14.5. The fraction of sp³-hybridized carbons (Fsp3) is 0.412. The van der Waals surface area contributed by atoms with Gasteiger partial charge in [-0.05, 0) is 12.1 Å². The molecule has 2 heterocycles. The van der Waals surface area contributed by atoms with Gasteiger partial charge < -0.3 is 14.4 Å². The number of aromatic nitrogens is 4. The maximum absolute atomic E-state index is 12.4. The molecule has 0 radical (unpaired) electrons. The van der Waals surface area contributed by atoms with E-state index in [1.165, 1.54) is 4.57 Å². The number of amides is 1. The van der Waals surface area contributed by atoms with Gasteiger partial charge in [-0.1, -0.05) is 31.1 Å². The number of nitrogens with one attached hydrogen (secondary N) is 1. The van der Waals surface area contributed by atoms with Gasteiger partial charge >= 0.3 is 5.69 Å². The van der Waals surface area contributed by atoms with Crippen LogP contribution in [0, 0.1) is 0 Å². The van der Waals surface area contributed by atoms with Crippen molar-refractivity contribution in [3.63, 3.8) is 0 Å². The summed E-state index contributed by atoms with van der Waals surface area (Å²) in [7, 11) is 1.70. The Balaban J connectivity index is 1.64. The smallest absolute Gasteiger partial charge is 0.326 e. The normalized spacial score (nSPS) is 11.4. The Morgan fingerprint density at radius 1 is 1.36 bits per heavy atom. The van der Waals surface area contributed by atoms with Crippen molar-refractivity contribution >= 4 is 16.9 Å². The van der Waals surface area contributed by atoms with Crippen molar-refractivity contribution in [2.24, 2.45) is 0 Å². The molecule has 0 saturated heterocycles. The van der Waals surface area contributed by atoms with Gasteiger partial charge in [-0.3, -0.25) is 9.36 Å². The number of benzene rings is 1. The van der Waals surface area contributed by atoms with Gasteiger partial charge in [0.15, 0.2) is 5.82 Å². The Morgan fingerprint density at radius 2 is 2.12 bits per heavy atom. The van der Waals surface area contributed by atoms with Crippen LogP contribution in [0.5, 0.6) is 0 Å². The number of aromatic amines is 1. The molecule has 0 aliphatic carbocycles. The highest BCUT2D eigenvalue weighted by atomic mass is 16.5. The van der Waals surface area contributed by atoms with Crippen molar-refractivity contribution in [1.29, 1.82) is 0 Å². The Kier molecular flexibility index (Phi) is 4.69. The summed E-state index contributed by atoms with van der Waals surface area (Å²) in [6, 6.07) is 7.30. The van der Waals surface area contributed by atoms with E-state index in [0.29, 0.717) is 30.2 Å². The van der Waals surface area contributed by atoms with Crippen LogP contribution in [-0.2, 0) is 17.8 Å². The van der Waals surface area contributed by atoms with Gasteiger partial charge in [0.05, 0.1) is 11.0 Å². The van der Waals surface area contributed by atoms with Gasteiger partial charge in [0.1, 0.15) is 6.54 Å². The Labute approximate surface area is 144 Å². The Bertz CT molecular complexity index is 937. The van der Waals surface area contributed by atoms with Crippen LogP contribution in [0.2, 0.25) is 0 Å². The summed E-state index contributed by atoms with van der Waals surface area (Å²) in [4.78, 5) is 33.1. The molecule has 2 aromatic heterocycles. The SMILES string of the molecule is CC(C)c1nc(CCN(C)C(=O)Cn2c(=O)[nH]c3ccccc32)no1. The maximum atomic E-state index is 12.4. The average molecular weight is 343 g/mol. The molecule has 8 nitrogen and oxygen atoms in total. The van der Waals surface area contributed by atoms with E-state index in [2.05, 4.69) is 15.1 Å². The van der Waals surface area contributed by atoms with Crippen LogP contribution in [-0.4, -0.2) is 44.1 Å². The van der Waals surface area contributed by atoms with E-state index >= 15 is 0 Å². The molecule has 1 N–H and O–H groups in total. The first-order valence-electron chi connectivity index (χ1n) is 8.19. The zero-order chi connectivity index (χ0) is 18.0. The van der Waals surface area contributed by atoms with Crippen molar-refractivity contribution in [2.45, 2.75) is 32.7 Å². The quantitative estimate of drug-likeness (QED) is 0.732. The lowest BCUT2D eigenvalue weighted by molar-refractivity contribution is -0.130. The van der Waals surface area contributed by atoms with Crippen molar-refractivity contribution < 1.29 is 9.32 Å². The highest BCUT2D eigenvalue weighted by Crippen LogP contribution is 2.11. The third kappa shape index (κ3) is 3.62.